The SMILES string of the molecule is CC(Sc1nc2ccccc2c(=O)n1-c1ccc(F)c(Cl)c1)C(=O)Nc1ccc(C#N)cc1. The first-order valence-electron chi connectivity index (χ1n) is 9.82. The van der Waals surface area contributed by atoms with E-state index in [2.05, 4.69) is 10.3 Å². The maximum atomic E-state index is 13.7. The summed E-state index contributed by atoms with van der Waals surface area (Å²) < 4.78 is 15.1. The predicted molar refractivity (Wildman–Crippen MR) is 127 cm³/mol. The Morgan fingerprint density at radius 1 is 1.18 bits per heavy atom. The number of anilines is 1. The lowest BCUT2D eigenvalue weighted by Crippen LogP contribution is -2.26. The van der Waals surface area contributed by atoms with E-state index >= 15 is 0 Å². The highest BCUT2D eigenvalue weighted by molar-refractivity contribution is 8.00. The number of nitriles is 1. The number of halogens is 2. The fraction of sp³-hybridized carbons (Fsp3) is 0.0833. The van der Waals surface area contributed by atoms with Crippen LogP contribution < -0.4 is 10.9 Å². The fourth-order valence-electron chi connectivity index (χ4n) is 3.13. The molecule has 0 radical (unpaired) electrons. The summed E-state index contributed by atoms with van der Waals surface area (Å²) in [7, 11) is 0. The van der Waals surface area contributed by atoms with Gasteiger partial charge in [-0.1, -0.05) is 35.5 Å². The average molecular weight is 479 g/mol. The van der Waals surface area contributed by atoms with Crippen molar-refractivity contribution in [3.63, 3.8) is 0 Å². The third-order valence-electron chi connectivity index (χ3n) is 4.84. The van der Waals surface area contributed by atoms with Crippen LogP contribution in [-0.4, -0.2) is 20.7 Å². The third-order valence-corrected chi connectivity index (χ3v) is 6.18. The van der Waals surface area contributed by atoms with Crippen molar-refractivity contribution in [2.24, 2.45) is 0 Å². The molecule has 0 fully saturated rings. The highest BCUT2D eigenvalue weighted by Gasteiger charge is 2.21. The number of nitrogens with zero attached hydrogens (tertiary/aromatic N) is 3. The molecule has 33 heavy (non-hydrogen) atoms. The molecular formula is C24H16ClFN4O2S. The van der Waals surface area contributed by atoms with Gasteiger partial charge in [-0.3, -0.25) is 14.2 Å². The van der Waals surface area contributed by atoms with Crippen molar-refractivity contribution in [2.45, 2.75) is 17.3 Å². The standard InChI is InChI=1S/C24H16ClFN4O2S/c1-14(22(31)28-16-8-6-15(13-27)7-9-16)33-24-29-21-5-3-2-4-18(21)23(32)30(24)17-10-11-20(26)19(25)12-17/h2-12,14H,1H3,(H,28,31). The molecule has 0 aliphatic carbocycles. The van der Waals surface area contributed by atoms with Gasteiger partial charge in [-0.2, -0.15) is 5.26 Å². The first kappa shape index (κ1) is 22.5. The quantitative estimate of drug-likeness (QED) is 0.316. The van der Waals surface area contributed by atoms with E-state index in [4.69, 9.17) is 16.9 Å². The lowest BCUT2D eigenvalue weighted by molar-refractivity contribution is -0.115. The van der Waals surface area contributed by atoms with Crippen LogP contribution in [0.25, 0.3) is 16.6 Å². The molecule has 1 N–H and O–H groups in total. The Balaban J connectivity index is 1.71. The third kappa shape index (κ3) is 4.75. The second kappa shape index (κ2) is 9.45. The number of nitrogens with one attached hydrogen (secondary N) is 1. The summed E-state index contributed by atoms with van der Waals surface area (Å²) in [5, 5.41) is 11.6. The van der Waals surface area contributed by atoms with E-state index in [1.54, 1.807) is 55.5 Å². The van der Waals surface area contributed by atoms with Gasteiger partial charge < -0.3 is 5.32 Å². The van der Waals surface area contributed by atoms with Gasteiger partial charge in [0.1, 0.15) is 5.82 Å². The molecule has 9 heteroatoms. The second-order valence-electron chi connectivity index (χ2n) is 7.09. The topological polar surface area (TPSA) is 87.8 Å². The van der Waals surface area contributed by atoms with E-state index in [9.17, 15) is 14.0 Å². The van der Waals surface area contributed by atoms with Gasteiger partial charge in [-0.05, 0) is 61.5 Å². The van der Waals surface area contributed by atoms with E-state index in [1.165, 1.54) is 22.8 Å². The minimum Gasteiger partial charge on any atom is -0.325 e. The van der Waals surface area contributed by atoms with Gasteiger partial charge >= 0.3 is 0 Å². The normalized spacial score (nSPS) is 11.7. The van der Waals surface area contributed by atoms with Crippen LogP contribution in [0.5, 0.6) is 0 Å². The lowest BCUT2D eigenvalue weighted by atomic mass is 10.2. The molecule has 0 aliphatic rings. The number of thioether (sulfide) groups is 1. The van der Waals surface area contributed by atoms with Crippen molar-refractivity contribution in [2.75, 3.05) is 5.32 Å². The lowest BCUT2D eigenvalue weighted by Gasteiger charge is -2.17. The summed E-state index contributed by atoms with van der Waals surface area (Å²) in [4.78, 5) is 30.7. The molecule has 0 aliphatic heterocycles. The van der Waals surface area contributed by atoms with Gasteiger partial charge in [0, 0.05) is 5.69 Å². The molecule has 0 saturated carbocycles. The molecule has 164 valence electrons. The maximum absolute atomic E-state index is 13.7. The molecule has 0 bridgehead atoms. The Kier molecular flexibility index (Phi) is 6.45. The van der Waals surface area contributed by atoms with Crippen molar-refractivity contribution in [3.8, 4) is 11.8 Å². The Morgan fingerprint density at radius 2 is 1.91 bits per heavy atom. The molecule has 1 heterocycles. The summed E-state index contributed by atoms with van der Waals surface area (Å²) >= 11 is 7.04. The molecule has 4 aromatic rings. The van der Waals surface area contributed by atoms with Crippen LogP contribution in [-0.2, 0) is 4.79 Å². The fourth-order valence-corrected chi connectivity index (χ4v) is 4.23. The minimum atomic E-state index is -0.629. The molecule has 1 amide bonds. The first-order chi connectivity index (χ1) is 15.9. The Bertz CT molecular complexity index is 1460. The zero-order chi connectivity index (χ0) is 23.5. The van der Waals surface area contributed by atoms with Gasteiger partial charge in [0.2, 0.25) is 5.91 Å². The molecule has 4 rings (SSSR count). The van der Waals surface area contributed by atoms with Crippen molar-refractivity contribution in [3.05, 3.63) is 93.5 Å². The number of carbonyl (C=O) groups is 1. The second-order valence-corrected chi connectivity index (χ2v) is 8.80. The molecule has 1 unspecified atom stereocenters. The van der Waals surface area contributed by atoms with E-state index in [-0.39, 0.29) is 21.6 Å². The van der Waals surface area contributed by atoms with E-state index in [1.807, 2.05) is 6.07 Å². The molecule has 0 spiro atoms. The van der Waals surface area contributed by atoms with Gasteiger partial charge in [0.15, 0.2) is 5.16 Å². The van der Waals surface area contributed by atoms with Crippen molar-refractivity contribution in [1.29, 1.82) is 5.26 Å². The van der Waals surface area contributed by atoms with Gasteiger partial charge in [0.05, 0.1) is 38.5 Å². The summed E-state index contributed by atoms with van der Waals surface area (Å²) in [5.41, 5.74) is 1.49. The van der Waals surface area contributed by atoms with Gasteiger partial charge in [-0.15, -0.1) is 0 Å². The smallest absolute Gasteiger partial charge is 0.266 e. The van der Waals surface area contributed by atoms with Gasteiger partial charge in [-0.25, -0.2) is 9.37 Å². The van der Waals surface area contributed by atoms with Crippen LogP contribution in [0.15, 0.2) is 76.7 Å². The summed E-state index contributed by atoms with van der Waals surface area (Å²) in [6.07, 6.45) is 0. The number of hydrogen-bond acceptors (Lipinski definition) is 5. The average Bonchev–Trinajstić information content (AvgIpc) is 2.82. The van der Waals surface area contributed by atoms with Crippen LogP contribution in [0.2, 0.25) is 5.02 Å². The van der Waals surface area contributed by atoms with Crippen LogP contribution in [0.4, 0.5) is 10.1 Å². The first-order valence-corrected chi connectivity index (χ1v) is 11.1. The number of hydrogen-bond donors (Lipinski definition) is 1. The van der Waals surface area contributed by atoms with Crippen molar-refractivity contribution >= 4 is 45.9 Å². The molecule has 6 nitrogen and oxygen atoms in total. The summed E-state index contributed by atoms with van der Waals surface area (Å²) in [6, 6.07) is 19.3. The Hall–Kier alpha value is -3.67. The zero-order valence-electron chi connectivity index (χ0n) is 17.3. The van der Waals surface area contributed by atoms with Crippen LogP contribution >= 0.6 is 23.4 Å². The number of para-hydroxylation sites is 1. The number of benzene rings is 3. The number of aromatic nitrogens is 2. The molecule has 1 aromatic heterocycles. The predicted octanol–water partition coefficient (Wildman–Crippen LogP) is 5.17. The van der Waals surface area contributed by atoms with E-state index in [0.29, 0.717) is 27.8 Å². The number of fused-ring (bicyclic) bond motifs is 1. The van der Waals surface area contributed by atoms with Crippen molar-refractivity contribution < 1.29 is 9.18 Å². The largest absolute Gasteiger partial charge is 0.325 e. The van der Waals surface area contributed by atoms with Crippen LogP contribution in [0.1, 0.15) is 12.5 Å². The van der Waals surface area contributed by atoms with Crippen LogP contribution in [0.3, 0.4) is 0 Å². The van der Waals surface area contributed by atoms with Crippen molar-refractivity contribution in [1.82, 2.24) is 9.55 Å². The Labute approximate surface area is 197 Å². The minimum absolute atomic E-state index is 0.130. The number of rotatable bonds is 5. The van der Waals surface area contributed by atoms with E-state index in [0.717, 1.165) is 11.8 Å². The van der Waals surface area contributed by atoms with Crippen LogP contribution in [0, 0.1) is 17.1 Å². The zero-order valence-corrected chi connectivity index (χ0v) is 18.8. The molecular weight excluding hydrogens is 463 g/mol. The maximum Gasteiger partial charge on any atom is 0.266 e. The monoisotopic (exact) mass is 478 g/mol. The number of carbonyl (C=O) groups excluding carboxylic acids is 1. The molecule has 0 saturated heterocycles. The van der Waals surface area contributed by atoms with E-state index < -0.39 is 11.1 Å². The molecule has 1 atom stereocenters. The summed E-state index contributed by atoms with van der Waals surface area (Å²) in [6.45, 7) is 1.69. The molecule has 3 aromatic carbocycles. The number of amides is 1. The highest BCUT2D eigenvalue weighted by Crippen LogP contribution is 2.27. The van der Waals surface area contributed by atoms with Gasteiger partial charge in [0.25, 0.3) is 5.56 Å². The highest BCUT2D eigenvalue weighted by atomic mass is 35.5. The summed E-state index contributed by atoms with van der Waals surface area (Å²) in [5.74, 6) is -0.914. The Morgan fingerprint density at radius 3 is 2.61 bits per heavy atom.